The van der Waals surface area contributed by atoms with Gasteiger partial charge in [-0.3, -0.25) is 4.79 Å². The maximum Gasteiger partial charge on any atom is 0.220 e. The van der Waals surface area contributed by atoms with Gasteiger partial charge in [0.1, 0.15) is 5.78 Å². The van der Waals surface area contributed by atoms with Crippen molar-refractivity contribution >= 4 is 11.7 Å². The van der Waals surface area contributed by atoms with Crippen LogP contribution in [0.15, 0.2) is 0 Å². The Labute approximate surface area is 91.1 Å². The third-order valence-corrected chi connectivity index (χ3v) is 2.16. The molecule has 1 unspecified atom stereocenters. The zero-order valence-electron chi connectivity index (χ0n) is 9.80. The van der Waals surface area contributed by atoms with Crippen molar-refractivity contribution in [2.24, 2.45) is 0 Å². The summed E-state index contributed by atoms with van der Waals surface area (Å²) in [5, 5.41) is 12.4. The third-order valence-electron chi connectivity index (χ3n) is 2.16. The van der Waals surface area contributed by atoms with Crippen LogP contribution in [0.5, 0.6) is 0 Å². The highest BCUT2D eigenvalue weighted by molar-refractivity contribution is 5.83. The van der Waals surface area contributed by atoms with Crippen LogP contribution in [0.1, 0.15) is 46.5 Å². The molecule has 0 aromatic rings. The molecule has 1 amide bonds. The molecule has 0 saturated carbocycles. The number of nitrogens with one attached hydrogen (secondary N) is 1. The van der Waals surface area contributed by atoms with E-state index in [0.29, 0.717) is 6.42 Å². The maximum absolute atomic E-state index is 11.2. The number of amides is 1. The second kappa shape index (κ2) is 6.56. The number of Topliss-reactive ketones (excluding diaryl/α,β-unsaturated/α-hetero) is 1. The van der Waals surface area contributed by atoms with Crippen molar-refractivity contribution in [1.82, 2.24) is 5.32 Å². The molecule has 4 nitrogen and oxygen atoms in total. The fourth-order valence-corrected chi connectivity index (χ4v) is 1.29. The van der Waals surface area contributed by atoms with Crippen LogP contribution >= 0.6 is 0 Å². The van der Waals surface area contributed by atoms with Crippen molar-refractivity contribution in [3.8, 4) is 0 Å². The van der Waals surface area contributed by atoms with E-state index in [2.05, 4.69) is 5.32 Å². The molecule has 0 aromatic carbocycles. The maximum atomic E-state index is 11.2. The fourth-order valence-electron chi connectivity index (χ4n) is 1.29. The summed E-state index contributed by atoms with van der Waals surface area (Å²) in [6, 6.07) is 0. The van der Waals surface area contributed by atoms with Gasteiger partial charge < -0.3 is 15.2 Å². The Morgan fingerprint density at radius 2 is 1.93 bits per heavy atom. The van der Waals surface area contributed by atoms with E-state index in [-0.39, 0.29) is 31.1 Å². The van der Waals surface area contributed by atoms with Crippen molar-refractivity contribution < 1.29 is 14.7 Å². The van der Waals surface area contributed by atoms with Crippen molar-refractivity contribution in [2.45, 2.75) is 52.1 Å². The van der Waals surface area contributed by atoms with Gasteiger partial charge >= 0.3 is 0 Å². The molecule has 0 spiro atoms. The summed E-state index contributed by atoms with van der Waals surface area (Å²) in [4.78, 5) is 21.8. The van der Waals surface area contributed by atoms with Gasteiger partial charge in [0.05, 0.1) is 5.60 Å². The van der Waals surface area contributed by atoms with Gasteiger partial charge in [-0.2, -0.15) is 0 Å². The lowest BCUT2D eigenvalue weighted by molar-refractivity contribution is -0.125. The van der Waals surface area contributed by atoms with E-state index >= 15 is 0 Å². The second-order valence-electron chi connectivity index (χ2n) is 4.23. The van der Waals surface area contributed by atoms with Crippen molar-refractivity contribution in [2.75, 3.05) is 6.54 Å². The van der Waals surface area contributed by atoms with Crippen LogP contribution < -0.4 is 5.32 Å². The zero-order valence-corrected chi connectivity index (χ0v) is 9.80. The number of rotatable bonds is 7. The van der Waals surface area contributed by atoms with Crippen molar-refractivity contribution in [1.29, 1.82) is 0 Å². The van der Waals surface area contributed by atoms with Crippen LogP contribution in [0.4, 0.5) is 0 Å². The molecule has 0 aliphatic carbocycles. The molecular formula is C11H21NO3. The smallest absolute Gasteiger partial charge is 0.220 e. The van der Waals surface area contributed by atoms with Gasteiger partial charge in [0.15, 0.2) is 0 Å². The standard InChI is InChI=1S/C11H21NO3/c1-4-7-11(3,15)8-12-10(14)6-5-9(2)13/h15H,4-8H2,1-3H3,(H,12,14). The van der Waals surface area contributed by atoms with Crippen LogP contribution in [0.3, 0.4) is 0 Å². The Kier molecular flexibility index (Phi) is 6.17. The lowest BCUT2D eigenvalue weighted by atomic mass is 10.0. The number of aliphatic hydroxyl groups is 1. The fraction of sp³-hybridized carbons (Fsp3) is 0.818. The van der Waals surface area contributed by atoms with Crippen molar-refractivity contribution in [3.63, 3.8) is 0 Å². The number of hydrogen-bond acceptors (Lipinski definition) is 3. The molecule has 0 aliphatic heterocycles. The minimum Gasteiger partial charge on any atom is -0.388 e. The summed E-state index contributed by atoms with van der Waals surface area (Å²) in [7, 11) is 0. The van der Waals surface area contributed by atoms with Crippen LogP contribution in [0.25, 0.3) is 0 Å². The largest absolute Gasteiger partial charge is 0.388 e. The third kappa shape index (κ3) is 8.12. The molecule has 88 valence electrons. The molecule has 0 heterocycles. The highest BCUT2D eigenvalue weighted by Crippen LogP contribution is 2.09. The average Bonchev–Trinajstić information content (AvgIpc) is 2.11. The lowest BCUT2D eigenvalue weighted by Crippen LogP contribution is -2.40. The number of carbonyl (C=O) groups is 2. The molecule has 0 radical (unpaired) electrons. The molecule has 4 heteroatoms. The summed E-state index contributed by atoms with van der Waals surface area (Å²) in [5.41, 5.74) is -0.847. The van der Waals surface area contributed by atoms with Crippen LogP contribution in [0, 0.1) is 0 Å². The first-order valence-electron chi connectivity index (χ1n) is 5.36. The van der Waals surface area contributed by atoms with Gasteiger partial charge in [-0.05, 0) is 20.3 Å². The minimum atomic E-state index is -0.847. The number of carbonyl (C=O) groups excluding carboxylic acids is 2. The lowest BCUT2D eigenvalue weighted by Gasteiger charge is -2.22. The number of ketones is 1. The molecule has 0 saturated heterocycles. The molecule has 0 rings (SSSR count). The van der Waals surface area contributed by atoms with Crippen LogP contribution in [-0.4, -0.2) is 28.9 Å². The predicted octanol–water partition coefficient (Wildman–Crippen LogP) is 1.02. The predicted molar refractivity (Wildman–Crippen MR) is 58.5 cm³/mol. The first kappa shape index (κ1) is 14.1. The molecule has 0 fully saturated rings. The normalized spacial score (nSPS) is 14.4. The summed E-state index contributed by atoms with van der Waals surface area (Å²) in [6.45, 7) is 5.38. The summed E-state index contributed by atoms with van der Waals surface area (Å²) in [6.07, 6.45) is 2.00. The Bertz CT molecular complexity index is 224. The first-order valence-corrected chi connectivity index (χ1v) is 5.36. The molecule has 0 aromatic heterocycles. The van der Waals surface area contributed by atoms with Crippen LogP contribution in [-0.2, 0) is 9.59 Å². The minimum absolute atomic E-state index is 0.00506. The molecule has 2 N–H and O–H groups in total. The van der Waals surface area contributed by atoms with E-state index in [0.717, 1.165) is 6.42 Å². The van der Waals surface area contributed by atoms with E-state index in [1.54, 1.807) is 6.92 Å². The van der Waals surface area contributed by atoms with E-state index in [4.69, 9.17) is 0 Å². The topological polar surface area (TPSA) is 66.4 Å². The van der Waals surface area contributed by atoms with E-state index in [1.165, 1.54) is 6.92 Å². The second-order valence-corrected chi connectivity index (χ2v) is 4.23. The van der Waals surface area contributed by atoms with Gasteiger partial charge in [0.25, 0.3) is 0 Å². The first-order chi connectivity index (χ1) is 6.87. The Morgan fingerprint density at radius 3 is 2.40 bits per heavy atom. The number of hydrogen-bond donors (Lipinski definition) is 2. The Hall–Kier alpha value is -0.900. The van der Waals surface area contributed by atoms with E-state index in [1.807, 2.05) is 6.92 Å². The monoisotopic (exact) mass is 215 g/mol. The van der Waals surface area contributed by atoms with E-state index in [9.17, 15) is 14.7 Å². The van der Waals surface area contributed by atoms with Crippen LogP contribution in [0.2, 0.25) is 0 Å². The summed E-state index contributed by atoms with van der Waals surface area (Å²) >= 11 is 0. The molecule has 1 atom stereocenters. The Morgan fingerprint density at radius 1 is 1.33 bits per heavy atom. The van der Waals surface area contributed by atoms with Gasteiger partial charge in [0, 0.05) is 19.4 Å². The molecule has 0 aliphatic rings. The molecule has 0 bridgehead atoms. The zero-order chi connectivity index (χ0) is 11.9. The van der Waals surface area contributed by atoms with E-state index < -0.39 is 5.60 Å². The van der Waals surface area contributed by atoms with Gasteiger partial charge in [0.2, 0.25) is 5.91 Å². The highest BCUT2D eigenvalue weighted by Gasteiger charge is 2.19. The quantitative estimate of drug-likeness (QED) is 0.666. The average molecular weight is 215 g/mol. The van der Waals surface area contributed by atoms with Gasteiger partial charge in [-0.1, -0.05) is 13.3 Å². The molecular weight excluding hydrogens is 194 g/mol. The SMILES string of the molecule is CCCC(C)(O)CNC(=O)CCC(C)=O. The molecule has 15 heavy (non-hydrogen) atoms. The highest BCUT2D eigenvalue weighted by atomic mass is 16.3. The summed E-state index contributed by atoms with van der Waals surface area (Å²) < 4.78 is 0. The van der Waals surface area contributed by atoms with Gasteiger partial charge in [-0.25, -0.2) is 0 Å². The summed E-state index contributed by atoms with van der Waals surface area (Å²) in [5.74, 6) is -0.174. The van der Waals surface area contributed by atoms with Gasteiger partial charge in [-0.15, -0.1) is 0 Å². The van der Waals surface area contributed by atoms with Crippen molar-refractivity contribution in [3.05, 3.63) is 0 Å². The Balaban J connectivity index is 3.74.